The topological polar surface area (TPSA) is 0 Å². The third-order valence-electron chi connectivity index (χ3n) is 4.93. The van der Waals surface area contributed by atoms with Crippen LogP contribution in [-0.2, 0) is 0 Å². The molecule has 0 radical (unpaired) electrons. The minimum atomic E-state index is 1.01. The average Bonchev–Trinajstić information content (AvgIpc) is 2.45. The first-order chi connectivity index (χ1) is 7.27. The van der Waals surface area contributed by atoms with Gasteiger partial charge in [0, 0.05) is 0 Å². The van der Waals surface area contributed by atoms with Crippen LogP contribution < -0.4 is 0 Å². The Bertz CT molecular complexity index is 176. The molecule has 0 heterocycles. The molecule has 0 amide bonds. The third kappa shape index (κ3) is 2.98. The average molecular weight is 208 g/mol. The molecule has 0 aromatic rings. The monoisotopic (exact) mass is 208 g/mol. The van der Waals surface area contributed by atoms with Crippen LogP contribution in [0.25, 0.3) is 0 Å². The van der Waals surface area contributed by atoms with Crippen LogP contribution in [0.1, 0.15) is 71.6 Å². The van der Waals surface area contributed by atoms with Crippen molar-refractivity contribution >= 4 is 0 Å². The van der Waals surface area contributed by atoms with Crippen molar-refractivity contribution in [2.24, 2.45) is 23.7 Å². The molecule has 0 heteroatoms. The summed E-state index contributed by atoms with van der Waals surface area (Å²) in [6.07, 6.45) is 13.7. The van der Waals surface area contributed by atoms with Gasteiger partial charge in [0.1, 0.15) is 0 Å². The largest absolute Gasteiger partial charge is 0.0625 e. The molecule has 2 saturated carbocycles. The van der Waals surface area contributed by atoms with Gasteiger partial charge in [-0.3, -0.25) is 0 Å². The maximum absolute atomic E-state index is 2.51. The zero-order valence-electron chi connectivity index (χ0n) is 10.7. The molecule has 0 N–H and O–H groups in total. The summed E-state index contributed by atoms with van der Waals surface area (Å²) in [5.41, 5.74) is 0. The normalized spacial score (nSPS) is 40.0. The van der Waals surface area contributed by atoms with Crippen LogP contribution in [0.3, 0.4) is 0 Å². The Hall–Kier alpha value is 0. The Balaban J connectivity index is 1.89. The second kappa shape index (κ2) is 5.37. The quantitative estimate of drug-likeness (QED) is 0.567. The van der Waals surface area contributed by atoms with Gasteiger partial charge in [-0.25, -0.2) is 0 Å². The smallest absolute Gasteiger partial charge is 0.0357 e. The maximum atomic E-state index is 2.51. The molecule has 0 aliphatic heterocycles. The van der Waals surface area contributed by atoms with Gasteiger partial charge in [0.05, 0.1) is 0 Å². The van der Waals surface area contributed by atoms with Crippen LogP contribution >= 0.6 is 0 Å². The lowest BCUT2D eigenvalue weighted by atomic mass is 9.77. The molecule has 2 aliphatic carbocycles. The predicted molar refractivity (Wildman–Crippen MR) is 66.9 cm³/mol. The van der Waals surface area contributed by atoms with Crippen molar-refractivity contribution in [3.05, 3.63) is 0 Å². The number of hydrogen-bond donors (Lipinski definition) is 0. The highest BCUT2D eigenvalue weighted by atomic mass is 14.4. The fourth-order valence-electron chi connectivity index (χ4n) is 4.18. The van der Waals surface area contributed by atoms with Gasteiger partial charge in [0.2, 0.25) is 0 Å². The Morgan fingerprint density at radius 2 is 1.33 bits per heavy atom. The van der Waals surface area contributed by atoms with Gasteiger partial charge in [0.25, 0.3) is 0 Å². The summed E-state index contributed by atoms with van der Waals surface area (Å²) in [6.45, 7) is 4.96. The first-order valence-electron chi connectivity index (χ1n) is 7.27. The molecule has 2 fully saturated rings. The van der Waals surface area contributed by atoms with Gasteiger partial charge >= 0.3 is 0 Å². The Labute approximate surface area is 95.8 Å². The fraction of sp³-hybridized carbons (Fsp3) is 1.00. The molecule has 0 spiro atoms. The summed E-state index contributed by atoms with van der Waals surface area (Å²) in [5.74, 6) is 4.20. The van der Waals surface area contributed by atoms with E-state index in [2.05, 4.69) is 13.8 Å². The number of hydrogen-bond acceptors (Lipinski definition) is 0. The molecule has 0 saturated heterocycles. The first kappa shape index (κ1) is 11.5. The lowest BCUT2D eigenvalue weighted by Crippen LogP contribution is -2.18. The Morgan fingerprint density at radius 3 is 1.87 bits per heavy atom. The molecule has 0 bridgehead atoms. The van der Waals surface area contributed by atoms with Crippen molar-refractivity contribution in [1.82, 2.24) is 0 Å². The molecule has 3 atom stereocenters. The van der Waals surface area contributed by atoms with E-state index in [1.165, 1.54) is 44.9 Å². The molecule has 0 nitrogen and oxygen atoms in total. The molecule has 2 rings (SSSR count). The molecule has 0 aromatic carbocycles. The van der Waals surface area contributed by atoms with Gasteiger partial charge < -0.3 is 0 Å². The lowest BCUT2D eigenvalue weighted by molar-refractivity contribution is 0.224. The van der Waals surface area contributed by atoms with Gasteiger partial charge in [0.15, 0.2) is 0 Å². The highest BCUT2D eigenvalue weighted by Gasteiger charge is 2.33. The zero-order valence-corrected chi connectivity index (χ0v) is 10.7. The van der Waals surface area contributed by atoms with Crippen LogP contribution in [0.2, 0.25) is 0 Å². The van der Waals surface area contributed by atoms with Crippen molar-refractivity contribution in [1.29, 1.82) is 0 Å². The summed E-state index contributed by atoms with van der Waals surface area (Å²) in [7, 11) is 0. The molecule has 0 aromatic heterocycles. The van der Waals surface area contributed by atoms with E-state index in [1.54, 1.807) is 12.8 Å². The van der Waals surface area contributed by atoms with Crippen molar-refractivity contribution in [2.45, 2.75) is 71.6 Å². The Kier molecular flexibility index (Phi) is 4.11. The number of rotatable bonds is 1. The maximum Gasteiger partial charge on any atom is -0.0357 e. The zero-order chi connectivity index (χ0) is 10.7. The third-order valence-corrected chi connectivity index (χ3v) is 4.93. The van der Waals surface area contributed by atoms with E-state index in [-0.39, 0.29) is 0 Å². The minimum absolute atomic E-state index is 1.01. The van der Waals surface area contributed by atoms with Crippen LogP contribution in [0.15, 0.2) is 0 Å². The second-order valence-corrected chi connectivity index (χ2v) is 6.32. The van der Waals surface area contributed by atoms with E-state index in [1.807, 2.05) is 0 Å². The fourth-order valence-corrected chi connectivity index (χ4v) is 4.18. The van der Waals surface area contributed by atoms with Crippen LogP contribution in [-0.4, -0.2) is 0 Å². The van der Waals surface area contributed by atoms with Gasteiger partial charge in [-0.15, -0.1) is 0 Å². The van der Waals surface area contributed by atoms with E-state index in [0.29, 0.717) is 0 Å². The van der Waals surface area contributed by atoms with E-state index >= 15 is 0 Å². The molecule has 2 aliphatic rings. The van der Waals surface area contributed by atoms with E-state index < -0.39 is 0 Å². The molecule has 3 unspecified atom stereocenters. The summed E-state index contributed by atoms with van der Waals surface area (Å²) in [5, 5.41) is 0. The van der Waals surface area contributed by atoms with E-state index in [0.717, 1.165) is 23.7 Å². The van der Waals surface area contributed by atoms with Crippen LogP contribution in [0.4, 0.5) is 0 Å². The van der Waals surface area contributed by atoms with Crippen molar-refractivity contribution in [3.63, 3.8) is 0 Å². The van der Waals surface area contributed by atoms with Crippen LogP contribution in [0.5, 0.6) is 0 Å². The van der Waals surface area contributed by atoms with Crippen LogP contribution in [0, 0.1) is 23.7 Å². The van der Waals surface area contributed by atoms with Crippen molar-refractivity contribution in [2.75, 3.05) is 0 Å². The summed E-state index contributed by atoms with van der Waals surface area (Å²) >= 11 is 0. The lowest BCUT2D eigenvalue weighted by Gasteiger charge is -2.28. The van der Waals surface area contributed by atoms with Crippen molar-refractivity contribution in [3.8, 4) is 0 Å². The van der Waals surface area contributed by atoms with E-state index in [9.17, 15) is 0 Å². The van der Waals surface area contributed by atoms with Crippen molar-refractivity contribution < 1.29 is 0 Å². The predicted octanol–water partition coefficient (Wildman–Crippen LogP) is 5.03. The highest BCUT2D eigenvalue weighted by molar-refractivity contribution is 4.84. The molecular weight excluding hydrogens is 180 g/mol. The second-order valence-electron chi connectivity index (χ2n) is 6.32. The standard InChI is InChI=1S/C15H28/c1-12-10-13(2)15(11-12)14-8-6-4-3-5-7-9-14/h12-15H,3-11H2,1-2H3. The molecule has 15 heavy (non-hydrogen) atoms. The summed E-state index contributed by atoms with van der Waals surface area (Å²) in [6, 6.07) is 0. The van der Waals surface area contributed by atoms with Gasteiger partial charge in [-0.2, -0.15) is 0 Å². The Morgan fingerprint density at radius 1 is 0.733 bits per heavy atom. The minimum Gasteiger partial charge on any atom is -0.0625 e. The highest BCUT2D eigenvalue weighted by Crippen LogP contribution is 2.44. The van der Waals surface area contributed by atoms with Gasteiger partial charge in [-0.1, -0.05) is 58.8 Å². The molecule has 88 valence electrons. The summed E-state index contributed by atoms with van der Waals surface area (Å²) in [4.78, 5) is 0. The first-order valence-corrected chi connectivity index (χ1v) is 7.27. The molecular formula is C15H28. The van der Waals surface area contributed by atoms with E-state index in [4.69, 9.17) is 0 Å². The van der Waals surface area contributed by atoms with Gasteiger partial charge in [-0.05, 0) is 36.5 Å². The summed E-state index contributed by atoms with van der Waals surface area (Å²) < 4.78 is 0. The SMILES string of the molecule is CC1CC(C)C(C2CCCCCCC2)C1.